The zero-order valence-corrected chi connectivity index (χ0v) is 13.4. The van der Waals surface area contributed by atoms with Gasteiger partial charge in [-0.1, -0.05) is 0 Å². The van der Waals surface area contributed by atoms with Crippen LogP contribution in [-0.4, -0.2) is 28.6 Å². The van der Waals surface area contributed by atoms with Crippen LogP contribution in [-0.2, 0) is 19.9 Å². The number of nitrogens with one attached hydrogen (secondary N) is 2. The Kier molecular flexibility index (Phi) is 4.49. The van der Waals surface area contributed by atoms with Crippen molar-refractivity contribution < 1.29 is 16.8 Å². The Morgan fingerprint density at radius 2 is 1.65 bits per heavy atom. The molecule has 9 heteroatoms. The average Bonchev–Trinajstić information content (AvgIpc) is 2.23. The highest BCUT2D eigenvalue weighted by atomic mass is 32.2. The van der Waals surface area contributed by atoms with Crippen LogP contribution in [0.15, 0.2) is 28.0 Å². The summed E-state index contributed by atoms with van der Waals surface area (Å²) < 4.78 is 50.1. The molecule has 0 bridgehead atoms. The molecule has 0 fully saturated rings. The molecule has 1 rings (SSSR count). The number of rotatable bonds is 4. The molecule has 0 unspecified atom stereocenters. The van der Waals surface area contributed by atoms with E-state index >= 15 is 0 Å². The van der Waals surface area contributed by atoms with Crippen molar-refractivity contribution in [2.75, 3.05) is 11.7 Å². The second kappa shape index (κ2) is 5.32. The highest BCUT2D eigenvalue weighted by Gasteiger charge is 2.26. The van der Waals surface area contributed by atoms with Crippen molar-refractivity contribution in [1.29, 1.82) is 0 Å². The van der Waals surface area contributed by atoms with Gasteiger partial charge in [-0.25, -0.2) is 21.6 Å². The summed E-state index contributed by atoms with van der Waals surface area (Å²) in [6.07, 6.45) is 1.01. The minimum absolute atomic E-state index is 0.0919. The van der Waals surface area contributed by atoms with E-state index in [1.165, 1.54) is 12.1 Å². The van der Waals surface area contributed by atoms with Gasteiger partial charge in [-0.05, 0) is 39.0 Å². The van der Waals surface area contributed by atoms with Gasteiger partial charge in [0.05, 0.1) is 10.6 Å². The Morgan fingerprint density at radius 3 is 2.05 bits per heavy atom. The molecule has 1 aromatic rings. The maximum Gasteiger partial charge on any atom is 0.243 e. The second-order valence-corrected chi connectivity index (χ2v) is 9.10. The van der Waals surface area contributed by atoms with Crippen LogP contribution in [0.25, 0.3) is 0 Å². The number of hydrogen-bond acceptors (Lipinski definition) is 6. The van der Waals surface area contributed by atoms with Crippen LogP contribution < -0.4 is 16.0 Å². The van der Waals surface area contributed by atoms with Crippen LogP contribution in [0, 0.1) is 0 Å². The SMILES string of the molecule is CC(C)(C)NS(=O)(=O)c1cc(S(C)(=O)=O)ccc1NN. The zero-order chi connectivity index (χ0) is 15.8. The maximum atomic E-state index is 12.3. The van der Waals surface area contributed by atoms with Crippen LogP contribution in [0.3, 0.4) is 0 Å². The third-order valence-corrected chi connectivity index (χ3v) is 5.17. The number of sulfone groups is 1. The fourth-order valence-corrected chi connectivity index (χ4v) is 3.87. The van der Waals surface area contributed by atoms with E-state index in [0.29, 0.717) is 0 Å². The summed E-state index contributed by atoms with van der Waals surface area (Å²) in [7, 11) is -7.42. The molecule has 0 aliphatic heterocycles. The first-order valence-electron chi connectivity index (χ1n) is 5.71. The molecule has 4 N–H and O–H groups in total. The van der Waals surface area contributed by atoms with E-state index in [-0.39, 0.29) is 15.5 Å². The van der Waals surface area contributed by atoms with Gasteiger partial charge >= 0.3 is 0 Å². The predicted octanol–water partition coefficient (Wildman–Crippen LogP) is 0.453. The van der Waals surface area contributed by atoms with Crippen molar-refractivity contribution in [1.82, 2.24) is 4.72 Å². The molecule has 1 aromatic carbocycles. The number of nitrogens with two attached hydrogens (primary N) is 1. The fraction of sp³-hybridized carbons (Fsp3) is 0.455. The van der Waals surface area contributed by atoms with Crippen LogP contribution >= 0.6 is 0 Å². The smallest absolute Gasteiger partial charge is 0.243 e. The van der Waals surface area contributed by atoms with Crippen LogP contribution in [0.2, 0.25) is 0 Å². The molecular weight excluding hydrogens is 302 g/mol. The lowest BCUT2D eigenvalue weighted by atomic mass is 10.1. The topological polar surface area (TPSA) is 118 Å². The second-order valence-electron chi connectivity index (χ2n) is 5.43. The molecule has 0 heterocycles. The third-order valence-electron chi connectivity index (χ3n) is 2.27. The number of hydrogen-bond donors (Lipinski definition) is 3. The van der Waals surface area contributed by atoms with Crippen molar-refractivity contribution in [3.8, 4) is 0 Å². The first kappa shape index (κ1) is 16.9. The quantitative estimate of drug-likeness (QED) is 0.547. The van der Waals surface area contributed by atoms with Crippen molar-refractivity contribution >= 4 is 25.5 Å². The molecule has 0 saturated carbocycles. The van der Waals surface area contributed by atoms with Crippen molar-refractivity contribution in [2.24, 2.45) is 5.84 Å². The molecule has 0 aliphatic carbocycles. The van der Waals surface area contributed by atoms with Crippen molar-refractivity contribution in [3.05, 3.63) is 18.2 Å². The van der Waals surface area contributed by atoms with Crippen LogP contribution in [0.5, 0.6) is 0 Å². The fourth-order valence-electron chi connectivity index (χ4n) is 1.53. The monoisotopic (exact) mass is 321 g/mol. The highest BCUT2D eigenvalue weighted by molar-refractivity contribution is 7.91. The minimum atomic E-state index is -3.90. The molecule has 7 nitrogen and oxygen atoms in total. The van der Waals surface area contributed by atoms with E-state index < -0.39 is 25.4 Å². The third kappa shape index (κ3) is 4.17. The van der Waals surface area contributed by atoms with Gasteiger partial charge in [0.25, 0.3) is 0 Å². The Bertz CT molecular complexity index is 704. The first-order valence-corrected chi connectivity index (χ1v) is 9.09. The van der Waals surface area contributed by atoms with Gasteiger partial charge in [0.1, 0.15) is 4.90 Å². The molecule has 114 valence electrons. The summed E-state index contributed by atoms with van der Waals surface area (Å²) in [5, 5.41) is 0. The van der Waals surface area contributed by atoms with E-state index in [9.17, 15) is 16.8 Å². The van der Waals surface area contributed by atoms with Gasteiger partial charge in [0.2, 0.25) is 10.0 Å². The van der Waals surface area contributed by atoms with Crippen molar-refractivity contribution in [2.45, 2.75) is 36.1 Å². The first-order chi connectivity index (χ1) is 8.87. The Labute approximate surface area is 119 Å². The summed E-state index contributed by atoms with van der Waals surface area (Å²) >= 11 is 0. The molecule has 0 radical (unpaired) electrons. The summed E-state index contributed by atoms with van der Waals surface area (Å²) in [6.45, 7) is 5.04. The van der Waals surface area contributed by atoms with Gasteiger partial charge in [-0.2, -0.15) is 0 Å². The largest absolute Gasteiger partial charge is 0.323 e. The van der Waals surface area contributed by atoms with Crippen molar-refractivity contribution in [3.63, 3.8) is 0 Å². The predicted molar refractivity (Wildman–Crippen MR) is 77.4 cm³/mol. The standard InChI is InChI=1S/C11H19N3O4S2/c1-11(2,3)14-20(17,18)10-7-8(19(4,15)16)5-6-9(10)13-12/h5-7,13-14H,12H2,1-4H3. The molecule has 0 saturated heterocycles. The number of hydrazine groups is 1. The van der Waals surface area contributed by atoms with E-state index in [0.717, 1.165) is 12.3 Å². The van der Waals surface area contributed by atoms with E-state index in [4.69, 9.17) is 5.84 Å². The molecule has 0 spiro atoms. The lowest BCUT2D eigenvalue weighted by Gasteiger charge is -2.21. The molecule has 0 aromatic heterocycles. The molecule has 0 amide bonds. The van der Waals surface area contributed by atoms with E-state index in [1.54, 1.807) is 20.8 Å². The van der Waals surface area contributed by atoms with Gasteiger partial charge in [0.15, 0.2) is 9.84 Å². The van der Waals surface area contributed by atoms with E-state index in [2.05, 4.69) is 10.1 Å². The highest BCUT2D eigenvalue weighted by Crippen LogP contribution is 2.25. The summed E-state index contributed by atoms with van der Waals surface area (Å²) in [5.41, 5.74) is 1.67. The molecule has 0 atom stereocenters. The number of anilines is 1. The van der Waals surface area contributed by atoms with E-state index in [1.807, 2.05) is 0 Å². The summed E-state index contributed by atoms with van der Waals surface area (Å²) in [4.78, 5) is -0.302. The Balaban J connectivity index is 3.50. The van der Waals surface area contributed by atoms with Gasteiger partial charge < -0.3 is 5.43 Å². The number of nitrogen functional groups attached to an aromatic ring is 1. The van der Waals surface area contributed by atoms with Crippen LogP contribution in [0.4, 0.5) is 5.69 Å². The summed E-state index contributed by atoms with van der Waals surface area (Å²) in [5.74, 6) is 5.28. The molecule has 20 heavy (non-hydrogen) atoms. The number of sulfonamides is 1. The van der Waals surface area contributed by atoms with Crippen LogP contribution in [0.1, 0.15) is 20.8 Å². The Hall–Kier alpha value is -1.16. The molecular formula is C11H19N3O4S2. The number of benzene rings is 1. The molecule has 0 aliphatic rings. The normalized spacial score (nSPS) is 13.2. The van der Waals surface area contributed by atoms with Gasteiger partial charge in [0, 0.05) is 11.8 Å². The Morgan fingerprint density at radius 1 is 1.10 bits per heavy atom. The van der Waals surface area contributed by atoms with Gasteiger partial charge in [-0.15, -0.1) is 0 Å². The maximum absolute atomic E-state index is 12.3. The minimum Gasteiger partial charge on any atom is -0.323 e. The lowest BCUT2D eigenvalue weighted by Crippen LogP contribution is -2.40. The zero-order valence-electron chi connectivity index (χ0n) is 11.8. The van der Waals surface area contributed by atoms with Gasteiger partial charge in [-0.3, -0.25) is 5.84 Å². The average molecular weight is 321 g/mol. The lowest BCUT2D eigenvalue weighted by molar-refractivity contribution is 0.491. The summed E-state index contributed by atoms with van der Waals surface area (Å²) in [6, 6.07) is 3.69.